The highest BCUT2D eigenvalue weighted by atomic mass is 32.2. The summed E-state index contributed by atoms with van der Waals surface area (Å²) in [4.78, 5) is 6.02. The molecule has 0 fully saturated rings. The van der Waals surface area contributed by atoms with Crippen molar-refractivity contribution in [1.29, 1.82) is 0 Å². The van der Waals surface area contributed by atoms with E-state index in [-0.39, 0.29) is 0 Å². The highest BCUT2D eigenvalue weighted by molar-refractivity contribution is 8.14. The van der Waals surface area contributed by atoms with E-state index in [9.17, 15) is 0 Å². The van der Waals surface area contributed by atoms with Crippen molar-refractivity contribution in [3.63, 3.8) is 0 Å². The summed E-state index contributed by atoms with van der Waals surface area (Å²) >= 11 is 1.65. The summed E-state index contributed by atoms with van der Waals surface area (Å²) in [6, 6.07) is 30.1. The summed E-state index contributed by atoms with van der Waals surface area (Å²) in [5.74, 6) is 0.822. The summed E-state index contributed by atoms with van der Waals surface area (Å²) in [6.45, 7) is 2.12. The topological polar surface area (TPSA) is 21.6 Å². The minimum atomic E-state index is 0.822. The molecule has 0 bridgehead atoms. The second-order valence-corrected chi connectivity index (χ2v) is 6.66. The van der Waals surface area contributed by atoms with Gasteiger partial charge < -0.3 is 4.74 Å². The van der Waals surface area contributed by atoms with Crippen LogP contribution in [0.4, 0.5) is 5.69 Å². The second kappa shape index (κ2) is 9.64. The molecule has 0 N–H and O–H groups in total. The van der Waals surface area contributed by atoms with Crippen molar-refractivity contribution in [2.24, 2.45) is 4.99 Å². The van der Waals surface area contributed by atoms with Crippen LogP contribution in [0.25, 0.3) is 0 Å². The third kappa shape index (κ3) is 5.36. The Labute approximate surface area is 159 Å². The van der Waals surface area contributed by atoms with Gasteiger partial charge in [0, 0.05) is 10.5 Å². The van der Waals surface area contributed by atoms with Crippen molar-refractivity contribution < 1.29 is 4.74 Å². The van der Waals surface area contributed by atoms with Gasteiger partial charge in [-0.15, -0.1) is 0 Å². The molecule has 0 heterocycles. The molecule has 0 aliphatic carbocycles. The second-order valence-electron chi connectivity index (χ2n) is 5.60. The Morgan fingerprint density at radius 1 is 0.846 bits per heavy atom. The van der Waals surface area contributed by atoms with E-state index in [1.165, 1.54) is 0 Å². The SMILES string of the molecule is CCC(=COc1ccccc1)C(=Nc1ccccc1)Sc1ccccc1. The van der Waals surface area contributed by atoms with E-state index in [0.29, 0.717) is 0 Å². The van der Waals surface area contributed by atoms with E-state index >= 15 is 0 Å². The number of rotatable bonds is 6. The fourth-order valence-electron chi connectivity index (χ4n) is 2.30. The molecule has 3 rings (SSSR count). The molecule has 0 aliphatic rings. The first-order chi connectivity index (χ1) is 12.8. The molecule has 26 heavy (non-hydrogen) atoms. The van der Waals surface area contributed by atoms with Crippen molar-refractivity contribution in [2.75, 3.05) is 0 Å². The first kappa shape index (κ1) is 18.0. The average molecular weight is 359 g/mol. The number of nitrogens with zero attached hydrogens (tertiary/aromatic N) is 1. The zero-order chi connectivity index (χ0) is 18.0. The zero-order valence-electron chi connectivity index (χ0n) is 14.7. The van der Waals surface area contributed by atoms with Crippen molar-refractivity contribution in [2.45, 2.75) is 18.2 Å². The van der Waals surface area contributed by atoms with Crippen LogP contribution in [0.2, 0.25) is 0 Å². The average Bonchev–Trinajstić information content (AvgIpc) is 2.71. The molecule has 3 aromatic rings. The van der Waals surface area contributed by atoms with E-state index in [0.717, 1.165) is 33.4 Å². The summed E-state index contributed by atoms with van der Waals surface area (Å²) in [7, 11) is 0. The predicted molar refractivity (Wildman–Crippen MR) is 111 cm³/mol. The molecule has 0 saturated carbocycles. The zero-order valence-corrected chi connectivity index (χ0v) is 15.5. The van der Waals surface area contributed by atoms with Crippen LogP contribution in [0, 0.1) is 0 Å². The van der Waals surface area contributed by atoms with Gasteiger partial charge >= 0.3 is 0 Å². The number of ether oxygens (including phenoxy) is 1. The van der Waals surface area contributed by atoms with Gasteiger partial charge in [-0.25, -0.2) is 4.99 Å². The Hall–Kier alpha value is -2.78. The molecule has 130 valence electrons. The van der Waals surface area contributed by atoms with Crippen LogP contribution in [-0.4, -0.2) is 5.04 Å². The smallest absolute Gasteiger partial charge is 0.126 e. The lowest BCUT2D eigenvalue weighted by Gasteiger charge is -2.10. The molecule has 3 heteroatoms. The number of para-hydroxylation sites is 2. The first-order valence-corrected chi connectivity index (χ1v) is 9.44. The summed E-state index contributed by atoms with van der Waals surface area (Å²) in [5, 5.41) is 0.945. The molecule has 0 aliphatic heterocycles. The van der Waals surface area contributed by atoms with Crippen molar-refractivity contribution in [3.05, 3.63) is 103 Å². The van der Waals surface area contributed by atoms with Crippen LogP contribution in [0.15, 0.2) is 113 Å². The van der Waals surface area contributed by atoms with E-state index in [4.69, 9.17) is 9.73 Å². The van der Waals surface area contributed by atoms with Gasteiger partial charge in [-0.2, -0.15) is 0 Å². The third-order valence-corrected chi connectivity index (χ3v) is 4.74. The number of hydrogen-bond donors (Lipinski definition) is 0. The Balaban J connectivity index is 1.91. The fraction of sp³-hybridized carbons (Fsp3) is 0.0870. The van der Waals surface area contributed by atoms with Gasteiger partial charge in [0.05, 0.1) is 11.9 Å². The number of thioether (sulfide) groups is 1. The molecular weight excluding hydrogens is 338 g/mol. The molecule has 0 spiro atoms. The largest absolute Gasteiger partial charge is 0.465 e. The Kier molecular flexibility index (Phi) is 6.68. The standard InChI is InChI=1S/C23H21NOS/c1-2-19(18-25-21-14-8-4-9-15-21)23(24-20-12-6-3-7-13-20)26-22-16-10-5-11-17-22/h3-18H,2H2,1H3. The molecule has 2 nitrogen and oxygen atoms in total. The molecule has 0 radical (unpaired) electrons. The van der Waals surface area contributed by atoms with Crippen LogP contribution in [-0.2, 0) is 0 Å². The van der Waals surface area contributed by atoms with Gasteiger partial charge in [0.25, 0.3) is 0 Å². The predicted octanol–water partition coefficient (Wildman–Crippen LogP) is 6.88. The maximum Gasteiger partial charge on any atom is 0.126 e. The van der Waals surface area contributed by atoms with Crippen LogP contribution in [0.1, 0.15) is 13.3 Å². The van der Waals surface area contributed by atoms with E-state index in [2.05, 4.69) is 19.1 Å². The lowest BCUT2D eigenvalue weighted by atomic mass is 10.2. The number of benzene rings is 3. The Bertz CT molecular complexity index is 858. The Morgan fingerprint density at radius 2 is 1.42 bits per heavy atom. The van der Waals surface area contributed by atoms with Crippen molar-refractivity contribution in [3.8, 4) is 5.75 Å². The molecule has 0 atom stereocenters. The van der Waals surface area contributed by atoms with Gasteiger partial charge in [0.2, 0.25) is 0 Å². The van der Waals surface area contributed by atoms with E-state index < -0.39 is 0 Å². The van der Waals surface area contributed by atoms with Gasteiger partial charge in [-0.05, 0) is 42.8 Å². The van der Waals surface area contributed by atoms with Crippen LogP contribution in [0.3, 0.4) is 0 Å². The fourth-order valence-corrected chi connectivity index (χ4v) is 3.29. The van der Waals surface area contributed by atoms with Gasteiger partial charge in [-0.1, -0.05) is 73.3 Å². The minimum absolute atomic E-state index is 0.822. The highest BCUT2D eigenvalue weighted by Gasteiger charge is 2.09. The summed E-state index contributed by atoms with van der Waals surface area (Å²) in [5.41, 5.74) is 2.00. The van der Waals surface area contributed by atoms with Crippen LogP contribution in [0.5, 0.6) is 5.75 Å². The quantitative estimate of drug-likeness (QED) is 0.207. The first-order valence-electron chi connectivity index (χ1n) is 8.63. The maximum absolute atomic E-state index is 5.86. The monoisotopic (exact) mass is 359 g/mol. The lowest BCUT2D eigenvalue weighted by molar-refractivity contribution is 0.477. The van der Waals surface area contributed by atoms with Gasteiger partial charge in [0.1, 0.15) is 10.8 Å². The molecule has 0 unspecified atom stereocenters. The molecule has 3 aromatic carbocycles. The van der Waals surface area contributed by atoms with Crippen LogP contribution >= 0.6 is 11.8 Å². The maximum atomic E-state index is 5.86. The van der Waals surface area contributed by atoms with Gasteiger partial charge in [-0.3, -0.25) is 0 Å². The number of aliphatic imine (C=N–C) groups is 1. The van der Waals surface area contributed by atoms with Crippen molar-refractivity contribution >= 4 is 22.5 Å². The molecule has 0 aromatic heterocycles. The minimum Gasteiger partial charge on any atom is -0.465 e. The number of hydrogen-bond acceptors (Lipinski definition) is 3. The molecular formula is C23H21NOS. The van der Waals surface area contributed by atoms with Crippen LogP contribution < -0.4 is 4.74 Å². The third-order valence-electron chi connectivity index (χ3n) is 3.68. The molecule has 0 amide bonds. The van der Waals surface area contributed by atoms with E-state index in [1.807, 2.05) is 85.1 Å². The normalized spacial score (nSPS) is 12.0. The highest BCUT2D eigenvalue weighted by Crippen LogP contribution is 2.28. The Morgan fingerprint density at radius 3 is 2.04 bits per heavy atom. The summed E-state index contributed by atoms with van der Waals surface area (Å²) in [6.07, 6.45) is 2.64. The lowest BCUT2D eigenvalue weighted by Crippen LogP contribution is -2.00. The van der Waals surface area contributed by atoms with Crippen molar-refractivity contribution in [1.82, 2.24) is 0 Å². The van der Waals surface area contributed by atoms with E-state index in [1.54, 1.807) is 11.8 Å². The molecule has 0 saturated heterocycles. The van der Waals surface area contributed by atoms with Gasteiger partial charge in [0.15, 0.2) is 0 Å². The summed E-state index contributed by atoms with van der Waals surface area (Å²) < 4.78 is 5.86.